The molecule has 0 spiro atoms. The Morgan fingerprint density at radius 2 is 1.26 bits per heavy atom. The van der Waals surface area contributed by atoms with Crippen molar-refractivity contribution in [2.24, 2.45) is 4.99 Å². The van der Waals surface area contributed by atoms with Crippen LogP contribution < -0.4 is 4.90 Å². The minimum Gasteiger partial charge on any atom is -0.313 e. The van der Waals surface area contributed by atoms with Crippen LogP contribution in [0.3, 0.4) is 0 Å². The molecule has 5 aromatic rings. The zero-order valence-electron chi connectivity index (χ0n) is 29.5. The number of aliphatic imine (C=N–C) groups is 1. The van der Waals surface area contributed by atoms with Crippen molar-refractivity contribution in [2.75, 3.05) is 4.90 Å². The lowest BCUT2D eigenvalue weighted by molar-refractivity contribution is 0.644. The SMILES string of the molecule is CC1(C)C(=CC=C2CCCC(C=CC3=Nc4cccc(-c5ccccc5)c4C3(C)C)=C2c2ccccc2)N(c2ccccc2)c2ccccc21. The van der Waals surface area contributed by atoms with Crippen LogP contribution in [0.1, 0.15) is 63.6 Å². The molecule has 5 aromatic carbocycles. The van der Waals surface area contributed by atoms with Crippen LogP contribution in [0, 0.1) is 0 Å². The van der Waals surface area contributed by atoms with Gasteiger partial charge < -0.3 is 4.90 Å². The molecule has 3 aliphatic rings. The van der Waals surface area contributed by atoms with Gasteiger partial charge in [-0.15, -0.1) is 0 Å². The maximum atomic E-state index is 5.23. The summed E-state index contributed by atoms with van der Waals surface area (Å²) < 4.78 is 0. The third-order valence-electron chi connectivity index (χ3n) is 10.8. The summed E-state index contributed by atoms with van der Waals surface area (Å²) in [5, 5.41) is 0. The standard InChI is InChI=1S/C48H44N2/c1-47(2)40-27-14-15-29-42(40)50(38-24-12-7-13-25-38)44(47)33-31-37-23-16-22-36(45(37)35-20-10-6-11-21-35)30-32-43-48(3,4)46-39(26-17-28-41(46)49-43)34-18-8-5-9-19-34/h5-15,17-21,24-33H,16,22-23H2,1-4H3. The third-order valence-corrected chi connectivity index (χ3v) is 10.8. The number of hydrogen-bond acceptors (Lipinski definition) is 2. The minimum atomic E-state index is -0.215. The molecule has 0 N–H and O–H groups in total. The second-order valence-corrected chi connectivity index (χ2v) is 14.7. The summed E-state index contributed by atoms with van der Waals surface area (Å²) in [6.45, 7) is 9.35. The Balaban J connectivity index is 1.21. The molecule has 0 aromatic heterocycles. The Labute approximate surface area is 297 Å². The van der Waals surface area contributed by atoms with E-state index in [0.29, 0.717) is 0 Å². The topological polar surface area (TPSA) is 15.6 Å². The Morgan fingerprint density at radius 1 is 0.600 bits per heavy atom. The second kappa shape index (κ2) is 12.8. The van der Waals surface area contributed by atoms with Gasteiger partial charge in [0.05, 0.1) is 11.4 Å². The van der Waals surface area contributed by atoms with Crippen molar-refractivity contribution < 1.29 is 0 Å². The number of nitrogens with zero attached hydrogens (tertiary/aromatic N) is 2. The first-order chi connectivity index (χ1) is 24.3. The monoisotopic (exact) mass is 648 g/mol. The molecule has 0 unspecified atom stereocenters. The number of para-hydroxylation sites is 2. The van der Waals surface area contributed by atoms with Crippen LogP contribution in [0.2, 0.25) is 0 Å². The van der Waals surface area contributed by atoms with Crippen LogP contribution in [0.25, 0.3) is 16.7 Å². The lowest BCUT2D eigenvalue weighted by atomic mass is 9.77. The second-order valence-electron chi connectivity index (χ2n) is 14.7. The molecular formula is C48H44N2. The van der Waals surface area contributed by atoms with Crippen molar-refractivity contribution in [1.82, 2.24) is 0 Å². The van der Waals surface area contributed by atoms with E-state index in [0.717, 1.165) is 30.7 Å². The van der Waals surface area contributed by atoms with Crippen molar-refractivity contribution in [3.05, 3.63) is 191 Å². The fraction of sp³-hybridized carbons (Fsp3) is 0.188. The normalized spacial score (nSPS) is 19.3. The quantitative estimate of drug-likeness (QED) is 0.179. The van der Waals surface area contributed by atoms with Crippen molar-refractivity contribution >= 4 is 28.3 Å². The highest BCUT2D eigenvalue weighted by atomic mass is 15.2. The molecule has 0 radical (unpaired) electrons. The van der Waals surface area contributed by atoms with Gasteiger partial charge in [0.2, 0.25) is 0 Å². The molecule has 2 heteroatoms. The van der Waals surface area contributed by atoms with E-state index < -0.39 is 0 Å². The smallest absolute Gasteiger partial charge is 0.0680 e. The lowest BCUT2D eigenvalue weighted by Gasteiger charge is -2.28. The van der Waals surface area contributed by atoms with E-state index in [9.17, 15) is 0 Å². The average molecular weight is 649 g/mol. The molecule has 0 fully saturated rings. The Kier molecular flexibility index (Phi) is 8.11. The van der Waals surface area contributed by atoms with Gasteiger partial charge in [0.25, 0.3) is 0 Å². The highest BCUT2D eigenvalue weighted by Crippen LogP contribution is 2.51. The van der Waals surface area contributed by atoms with Crippen LogP contribution in [0.5, 0.6) is 0 Å². The van der Waals surface area contributed by atoms with E-state index in [1.807, 2.05) is 0 Å². The highest BCUT2D eigenvalue weighted by Gasteiger charge is 2.40. The fourth-order valence-electron chi connectivity index (χ4n) is 8.27. The fourth-order valence-corrected chi connectivity index (χ4v) is 8.27. The Bertz CT molecular complexity index is 2210. The van der Waals surface area contributed by atoms with Gasteiger partial charge in [0.1, 0.15) is 0 Å². The van der Waals surface area contributed by atoms with Gasteiger partial charge in [-0.05, 0) is 100 Å². The Morgan fingerprint density at radius 3 is 2.00 bits per heavy atom. The number of hydrogen-bond donors (Lipinski definition) is 0. The molecule has 0 amide bonds. The molecule has 2 nitrogen and oxygen atoms in total. The van der Waals surface area contributed by atoms with Crippen molar-refractivity contribution in [2.45, 2.75) is 57.8 Å². The molecule has 0 saturated heterocycles. The van der Waals surface area contributed by atoms with Crippen LogP contribution in [0.15, 0.2) is 180 Å². The number of rotatable bonds is 6. The van der Waals surface area contributed by atoms with Gasteiger partial charge in [0, 0.05) is 27.9 Å². The van der Waals surface area contributed by atoms with Crippen molar-refractivity contribution in [3.63, 3.8) is 0 Å². The third kappa shape index (κ3) is 5.50. The maximum Gasteiger partial charge on any atom is 0.0680 e. The first-order valence-electron chi connectivity index (χ1n) is 17.9. The Hall–Kier alpha value is -5.47. The molecule has 1 aliphatic carbocycles. The van der Waals surface area contributed by atoms with Gasteiger partial charge in [-0.2, -0.15) is 0 Å². The molecular weight excluding hydrogens is 605 g/mol. The molecule has 50 heavy (non-hydrogen) atoms. The van der Waals surface area contributed by atoms with Gasteiger partial charge in [0.15, 0.2) is 0 Å². The zero-order chi connectivity index (χ0) is 34.3. The predicted octanol–water partition coefficient (Wildman–Crippen LogP) is 12.9. The molecule has 8 rings (SSSR count). The summed E-state index contributed by atoms with van der Waals surface area (Å²) in [4.78, 5) is 7.68. The summed E-state index contributed by atoms with van der Waals surface area (Å²) in [6, 6.07) is 47.9. The lowest BCUT2D eigenvalue weighted by Crippen LogP contribution is -2.24. The minimum absolute atomic E-state index is 0.142. The molecule has 0 bridgehead atoms. The van der Waals surface area contributed by atoms with Crippen LogP contribution in [0.4, 0.5) is 17.1 Å². The summed E-state index contributed by atoms with van der Waals surface area (Å²) in [5.74, 6) is 0. The number of anilines is 2. The maximum absolute atomic E-state index is 5.23. The predicted molar refractivity (Wildman–Crippen MR) is 213 cm³/mol. The zero-order valence-corrected chi connectivity index (χ0v) is 29.5. The molecule has 246 valence electrons. The molecule has 2 heterocycles. The summed E-state index contributed by atoms with van der Waals surface area (Å²) in [5.41, 5.74) is 16.1. The van der Waals surface area contributed by atoms with E-state index in [4.69, 9.17) is 4.99 Å². The first kappa shape index (κ1) is 31.8. The highest BCUT2D eigenvalue weighted by molar-refractivity contribution is 6.10. The van der Waals surface area contributed by atoms with E-state index in [1.165, 1.54) is 61.6 Å². The largest absolute Gasteiger partial charge is 0.313 e. The summed E-state index contributed by atoms with van der Waals surface area (Å²) in [6.07, 6.45) is 12.7. The van der Waals surface area contributed by atoms with Gasteiger partial charge in [-0.3, -0.25) is 4.99 Å². The average Bonchev–Trinajstić information content (AvgIpc) is 3.55. The van der Waals surface area contributed by atoms with Gasteiger partial charge in [-0.25, -0.2) is 0 Å². The van der Waals surface area contributed by atoms with Crippen molar-refractivity contribution in [1.29, 1.82) is 0 Å². The number of allylic oxidation sites excluding steroid dienone is 8. The number of benzene rings is 5. The summed E-state index contributed by atoms with van der Waals surface area (Å²) in [7, 11) is 0. The van der Waals surface area contributed by atoms with Crippen LogP contribution >= 0.6 is 0 Å². The van der Waals surface area contributed by atoms with Crippen LogP contribution in [-0.2, 0) is 10.8 Å². The first-order valence-corrected chi connectivity index (χ1v) is 17.9. The molecule has 0 saturated carbocycles. The van der Waals surface area contributed by atoms with E-state index >= 15 is 0 Å². The van der Waals surface area contributed by atoms with Crippen LogP contribution in [-0.4, -0.2) is 5.71 Å². The van der Waals surface area contributed by atoms with E-state index in [-0.39, 0.29) is 10.8 Å². The van der Waals surface area contributed by atoms with E-state index in [1.54, 1.807) is 0 Å². The van der Waals surface area contributed by atoms with Gasteiger partial charge >= 0.3 is 0 Å². The summed E-state index contributed by atoms with van der Waals surface area (Å²) >= 11 is 0. The van der Waals surface area contributed by atoms with Crippen molar-refractivity contribution in [3.8, 4) is 11.1 Å². The number of fused-ring (bicyclic) bond motifs is 2. The molecule has 2 aliphatic heterocycles. The van der Waals surface area contributed by atoms with Gasteiger partial charge in [-0.1, -0.05) is 149 Å². The molecule has 0 atom stereocenters. The van der Waals surface area contributed by atoms with E-state index in [2.05, 4.69) is 190 Å².